The Labute approximate surface area is 57.5 Å². The topological polar surface area (TPSA) is 20.2 Å². The van der Waals surface area contributed by atoms with Crippen LogP contribution in [-0.4, -0.2) is 11.2 Å². The van der Waals surface area contributed by atoms with E-state index in [1.807, 2.05) is 6.92 Å². The van der Waals surface area contributed by atoms with Gasteiger partial charge in [0, 0.05) is 25.8 Å². The van der Waals surface area contributed by atoms with E-state index in [1.54, 1.807) is 6.92 Å². The monoisotopic (exact) mass is 119 g/mol. The Morgan fingerprint density at radius 3 is 1.83 bits per heavy atom. The van der Waals surface area contributed by atoms with E-state index in [0.29, 0.717) is 0 Å². The van der Waals surface area contributed by atoms with E-state index in [0.717, 1.165) is 6.42 Å². The Kier molecular flexibility index (Phi) is 9.67. The molecule has 0 aliphatic rings. The van der Waals surface area contributed by atoms with E-state index < -0.39 is 0 Å². The van der Waals surface area contributed by atoms with Crippen molar-refractivity contribution in [2.75, 3.05) is 0 Å². The van der Waals surface area contributed by atoms with Crippen LogP contribution in [0.2, 0.25) is 0 Å². The molecule has 0 heterocycles. The van der Waals surface area contributed by atoms with Crippen LogP contribution < -0.4 is 0 Å². The average Bonchev–Trinajstić information content (AvgIpc) is 1.38. The van der Waals surface area contributed by atoms with Crippen LogP contribution in [0.15, 0.2) is 0 Å². The smallest absolute Gasteiger partial charge is 0.0509 e. The fourth-order valence-corrected chi connectivity index (χ4v) is 0. The van der Waals surface area contributed by atoms with E-state index in [-0.39, 0.29) is 31.9 Å². The first-order valence-electron chi connectivity index (χ1n) is 1.95. The molecule has 0 aromatic rings. The zero-order chi connectivity index (χ0) is 4.28. The van der Waals surface area contributed by atoms with Gasteiger partial charge in [-0.15, -0.1) is 0 Å². The van der Waals surface area contributed by atoms with Crippen molar-refractivity contribution in [3.63, 3.8) is 0 Å². The first-order valence-corrected chi connectivity index (χ1v) is 1.95. The maximum Gasteiger partial charge on any atom is 0.0509 e. The van der Waals surface area contributed by atoms with Crippen LogP contribution in [0.4, 0.5) is 0 Å². The fraction of sp³-hybridized carbons (Fsp3) is 1.00. The molecule has 1 N–H and O–H groups in total. The van der Waals surface area contributed by atoms with Crippen molar-refractivity contribution >= 4 is 0 Å². The number of hydrogen-bond acceptors (Lipinski definition) is 1. The maximum atomic E-state index is 8.36. The third-order valence-electron chi connectivity index (χ3n) is 0.591. The standard InChI is InChI=1S/C4H10O.Sc/c1-3-4(2)5;/h4-5H,3H2,1-2H3;. The molecule has 1 unspecified atom stereocenters. The molecule has 0 saturated carbocycles. The van der Waals surface area contributed by atoms with Crippen LogP contribution in [-0.2, 0) is 25.8 Å². The normalized spacial score (nSPS) is 12.5. The van der Waals surface area contributed by atoms with Gasteiger partial charge in [-0.3, -0.25) is 0 Å². The van der Waals surface area contributed by atoms with Gasteiger partial charge in [0.1, 0.15) is 0 Å². The molecular formula is C4H10OSc. The van der Waals surface area contributed by atoms with Crippen LogP contribution in [0.3, 0.4) is 0 Å². The molecule has 2 heteroatoms. The molecule has 0 amide bonds. The Morgan fingerprint density at radius 1 is 1.67 bits per heavy atom. The Bertz CT molecular complexity index is 21.5. The summed E-state index contributed by atoms with van der Waals surface area (Å²) in [7, 11) is 0. The molecule has 0 aromatic heterocycles. The molecule has 6 heavy (non-hydrogen) atoms. The number of aliphatic hydroxyl groups excluding tert-OH is 1. The van der Waals surface area contributed by atoms with Crippen molar-refractivity contribution in [3.05, 3.63) is 0 Å². The Morgan fingerprint density at radius 2 is 1.83 bits per heavy atom. The molecule has 0 bridgehead atoms. The van der Waals surface area contributed by atoms with Crippen molar-refractivity contribution in [2.24, 2.45) is 0 Å². The molecular weight excluding hydrogens is 109 g/mol. The minimum absolute atomic E-state index is 0. The van der Waals surface area contributed by atoms with Gasteiger partial charge >= 0.3 is 0 Å². The predicted octanol–water partition coefficient (Wildman–Crippen LogP) is 0.775. The van der Waals surface area contributed by atoms with Crippen LogP contribution in [0, 0.1) is 0 Å². The van der Waals surface area contributed by atoms with Crippen molar-refractivity contribution in [1.29, 1.82) is 0 Å². The van der Waals surface area contributed by atoms with Crippen molar-refractivity contribution in [2.45, 2.75) is 26.4 Å². The van der Waals surface area contributed by atoms with Crippen LogP contribution in [0.25, 0.3) is 0 Å². The molecule has 0 aliphatic carbocycles. The zero-order valence-electron chi connectivity index (χ0n) is 4.31. The van der Waals surface area contributed by atoms with Gasteiger partial charge in [0.2, 0.25) is 0 Å². The van der Waals surface area contributed by atoms with E-state index in [9.17, 15) is 0 Å². The van der Waals surface area contributed by atoms with Crippen LogP contribution >= 0.6 is 0 Å². The molecule has 1 nitrogen and oxygen atoms in total. The van der Waals surface area contributed by atoms with Gasteiger partial charge in [-0.25, -0.2) is 0 Å². The number of rotatable bonds is 1. The van der Waals surface area contributed by atoms with Gasteiger partial charge in [0.05, 0.1) is 6.10 Å². The molecule has 35 valence electrons. The summed E-state index contributed by atoms with van der Waals surface area (Å²) in [6, 6.07) is 0. The minimum atomic E-state index is -0.116. The summed E-state index contributed by atoms with van der Waals surface area (Å²) in [5.41, 5.74) is 0. The van der Waals surface area contributed by atoms with Gasteiger partial charge < -0.3 is 5.11 Å². The molecule has 0 rings (SSSR count). The first kappa shape index (κ1) is 9.95. The first-order chi connectivity index (χ1) is 2.27. The molecule has 0 aromatic carbocycles. The second kappa shape index (κ2) is 5.83. The van der Waals surface area contributed by atoms with Gasteiger partial charge in [-0.2, -0.15) is 0 Å². The van der Waals surface area contributed by atoms with Gasteiger partial charge in [-0.1, -0.05) is 6.92 Å². The Hall–Kier alpha value is 0.830. The minimum Gasteiger partial charge on any atom is -0.393 e. The fourth-order valence-electron chi connectivity index (χ4n) is 0. The molecule has 0 aliphatic heterocycles. The molecule has 0 spiro atoms. The molecule has 0 saturated heterocycles. The molecule has 1 radical (unpaired) electrons. The summed E-state index contributed by atoms with van der Waals surface area (Å²) in [5, 5.41) is 8.36. The average molecular weight is 119 g/mol. The van der Waals surface area contributed by atoms with Gasteiger partial charge in [-0.05, 0) is 13.3 Å². The van der Waals surface area contributed by atoms with Gasteiger partial charge in [0.15, 0.2) is 0 Å². The van der Waals surface area contributed by atoms with Crippen molar-refractivity contribution < 1.29 is 30.9 Å². The maximum absolute atomic E-state index is 8.36. The van der Waals surface area contributed by atoms with Crippen LogP contribution in [0.5, 0.6) is 0 Å². The van der Waals surface area contributed by atoms with Crippen molar-refractivity contribution in [3.8, 4) is 0 Å². The summed E-state index contributed by atoms with van der Waals surface area (Å²) in [6.45, 7) is 3.73. The van der Waals surface area contributed by atoms with Crippen molar-refractivity contribution in [1.82, 2.24) is 0 Å². The summed E-state index contributed by atoms with van der Waals surface area (Å²) >= 11 is 0. The quantitative estimate of drug-likeness (QED) is 0.540. The summed E-state index contributed by atoms with van der Waals surface area (Å²) < 4.78 is 0. The van der Waals surface area contributed by atoms with E-state index in [4.69, 9.17) is 5.11 Å². The van der Waals surface area contributed by atoms with Crippen LogP contribution in [0.1, 0.15) is 20.3 Å². The Balaban J connectivity index is 0. The largest absolute Gasteiger partial charge is 0.393 e. The summed E-state index contributed by atoms with van der Waals surface area (Å²) in [6.07, 6.45) is 0.745. The number of aliphatic hydroxyl groups is 1. The van der Waals surface area contributed by atoms with Gasteiger partial charge in [0.25, 0.3) is 0 Å². The van der Waals surface area contributed by atoms with E-state index >= 15 is 0 Å². The third kappa shape index (κ3) is 8.85. The second-order valence-corrected chi connectivity index (χ2v) is 1.26. The SMILES string of the molecule is CCC(C)O.[Sc]. The van der Waals surface area contributed by atoms with E-state index in [2.05, 4.69) is 0 Å². The van der Waals surface area contributed by atoms with E-state index in [1.165, 1.54) is 0 Å². The second-order valence-electron chi connectivity index (χ2n) is 1.26. The molecule has 0 fully saturated rings. The third-order valence-corrected chi connectivity index (χ3v) is 0.591. The summed E-state index contributed by atoms with van der Waals surface area (Å²) in [5.74, 6) is 0. The molecule has 1 atom stereocenters. The summed E-state index contributed by atoms with van der Waals surface area (Å²) in [4.78, 5) is 0. The zero-order valence-corrected chi connectivity index (χ0v) is 6.11. The number of hydrogen-bond donors (Lipinski definition) is 1. The predicted molar refractivity (Wildman–Crippen MR) is 22.0 cm³/mol.